The molecule has 1 rings (SSSR count). The summed E-state index contributed by atoms with van der Waals surface area (Å²) in [5, 5.41) is 3.08. The van der Waals surface area contributed by atoms with Crippen molar-refractivity contribution in [3.8, 4) is 0 Å². The van der Waals surface area contributed by atoms with E-state index in [0.29, 0.717) is 12.5 Å². The highest BCUT2D eigenvalue weighted by atomic mass is 32.2. The molecule has 1 heterocycles. The quantitative estimate of drug-likeness (QED) is 0.796. The molecule has 0 radical (unpaired) electrons. The summed E-state index contributed by atoms with van der Waals surface area (Å²) in [4.78, 5) is 0. The van der Waals surface area contributed by atoms with Gasteiger partial charge in [0.25, 0.3) is 0 Å². The van der Waals surface area contributed by atoms with Crippen LogP contribution >= 0.6 is 0 Å². The number of hydrogen-bond donors (Lipinski definition) is 1. The maximum Gasteiger partial charge on any atom is 0.154 e. The number of aromatic nitrogens is 1. The van der Waals surface area contributed by atoms with Gasteiger partial charge in [-0.1, -0.05) is 13.8 Å². The van der Waals surface area contributed by atoms with Crippen molar-refractivity contribution in [2.75, 3.05) is 12.3 Å². The molecule has 110 valence electrons. The fraction of sp³-hybridized carbons (Fsp3) is 0.714. The normalized spacial score (nSPS) is 12.5. The molecular formula is C14H26N2O2S. The lowest BCUT2D eigenvalue weighted by Crippen LogP contribution is -2.21. The summed E-state index contributed by atoms with van der Waals surface area (Å²) in [5.74, 6) is 0.844. The highest BCUT2D eigenvalue weighted by Gasteiger charge is 2.15. The molecule has 0 spiro atoms. The lowest BCUT2D eigenvalue weighted by atomic mass is 10.2. The third-order valence-corrected chi connectivity index (χ3v) is 5.23. The molecule has 4 nitrogen and oxygen atoms in total. The molecule has 0 aliphatic rings. The molecule has 0 aliphatic carbocycles. The predicted molar refractivity (Wildman–Crippen MR) is 79.9 cm³/mol. The molecule has 1 N–H and O–H groups in total. The molecule has 0 bridgehead atoms. The zero-order valence-electron chi connectivity index (χ0n) is 12.4. The lowest BCUT2D eigenvalue weighted by molar-refractivity contribution is 0.551. The van der Waals surface area contributed by atoms with Crippen LogP contribution in [0.2, 0.25) is 0 Å². The van der Waals surface area contributed by atoms with Gasteiger partial charge in [0.05, 0.1) is 11.0 Å². The summed E-state index contributed by atoms with van der Waals surface area (Å²) >= 11 is 0. The third-order valence-electron chi connectivity index (χ3n) is 3.05. The van der Waals surface area contributed by atoms with Crippen LogP contribution in [-0.2, 0) is 22.9 Å². The molecular weight excluding hydrogens is 260 g/mol. The van der Waals surface area contributed by atoms with Gasteiger partial charge in [-0.25, -0.2) is 8.42 Å². The van der Waals surface area contributed by atoms with Gasteiger partial charge < -0.3 is 9.88 Å². The number of nitrogens with one attached hydrogen (secondary N) is 1. The fourth-order valence-corrected chi connectivity index (χ4v) is 2.64. The first-order valence-electron chi connectivity index (χ1n) is 6.88. The number of nitrogens with zero attached hydrogens (tertiary/aromatic N) is 1. The van der Waals surface area contributed by atoms with E-state index in [4.69, 9.17) is 0 Å². The van der Waals surface area contributed by atoms with E-state index in [1.54, 1.807) is 13.8 Å². The molecule has 1 aromatic heterocycles. The van der Waals surface area contributed by atoms with Crippen molar-refractivity contribution in [2.45, 2.75) is 46.0 Å². The average Bonchev–Trinajstić information content (AvgIpc) is 2.74. The summed E-state index contributed by atoms with van der Waals surface area (Å²) in [6.07, 6.45) is 3.96. The highest BCUT2D eigenvalue weighted by molar-refractivity contribution is 7.91. The Balaban J connectivity index is 2.43. The van der Waals surface area contributed by atoms with Crippen molar-refractivity contribution in [1.82, 2.24) is 9.88 Å². The fourth-order valence-electron chi connectivity index (χ4n) is 1.71. The second-order valence-electron chi connectivity index (χ2n) is 5.70. The molecule has 0 atom stereocenters. The molecule has 0 amide bonds. The van der Waals surface area contributed by atoms with Gasteiger partial charge in [0.2, 0.25) is 0 Å². The van der Waals surface area contributed by atoms with E-state index >= 15 is 0 Å². The van der Waals surface area contributed by atoms with Crippen LogP contribution in [0.1, 0.15) is 33.3 Å². The second kappa shape index (κ2) is 7.10. The van der Waals surface area contributed by atoms with Gasteiger partial charge in [-0.3, -0.25) is 0 Å². The van der Waals surface area contributed by atoms with E-state index in [9.17, 15) is 8.42 Å². The molecule has 0 aliphatic heterocycles. The van der Waals surface area contributed by atoms with Gasteiger partial charge >= 0.3 is 0 Å². The molecule has 0 fully saturated rings. The largest absolute Gasteiger partial charge is 0.353 e. The van der Waals surface area contributed by atoms with Crippen LogP contribution in [-0.4, -0.2) is 30.5 Å². The van der Waals surface area contributed by atoms with Crippen molar-refractivity contribution in [3.05, 3.63) is 24.0 Å². The Kier molecular flexibility index (Phi) is 6.07. The zero-order valence-corrected chi connectivity index (χ0v) is 13.2. The summed E-state index contributed by atoms with van der Waals surface area (Å²) in [5.41, 5.74) is 1.20. The summed E-state index contributed by atoms with van der Waals surface area (Å²) in [6.45, 7) is 10.2. The molecule has 1 aromatic rings. The summed E-state index contributed by atoms with van der Waals surface area (Å²) < 4.78 is 25.4. The Labute approximate surface area is 117 Å². The lowest BCUT2D eigenvalue weighted by Gasteiger charge is -2.08. The van der Waals surface area contributed by atoms with Crippen LogP contribution in [0.4, 0.5) is 0 Å². The Hall–Kier alpha value is -0.810. The zero-order chi connectivity index (χ0) is 14.5. The first kappa shape index (κ1) is 16.2. The monoisotopic (exact) mass is 286 g/mol. The minimum Gasteiger partial charge on any atom is -0.353 e. The van der Waals surface area contributed by atoms with E-state index in [1.807, 2.05) is 23.0 Å². The maximum absolute atomic E-state index is 11.7. The highest BCUT2D eigenvalue weighted by Crippen LogP contribution is 2.05. The van der Waals surface area contributed by atoms with Crippen LogP contribution in [0.3, 0.4) is 0 Å². The summed E-state index contributed by atoms with van der Waals surface area (Å²) in [6, 6.07) is 2.04. The molecule has 0 unspecified atom stereocenters. The van der Waals surface area contributed by atoms with E-state index < -0.39 is 9.84 Å². The van der Waals surface area contributed by atoms with Crippen molar-refractivity contribution in [3.63, 3.8) is 0 Å². The molecule has 0 saturated heterocycles. The van der Waals surface area contributed by atoms with Gasteiger partial charge in [0, 0.05) is 25.5 Å². The van der Waals surface area contributed by atoms with Crippen LogP contribution < -0.4 is 5.32 Å². The van der Waals surface area contributed by atoms with E-state index in [-0.39, 0.29) is 11.0 Å². The standard InChI is InChI=1S/C14H26N2O2S/c1-12(2)9-15-10-14-5-6-16(11-14)7-8-19(17,18)13(3)4/h5-6,11-13,15H,7-10H2,1-4H3. The number of aryl methyl sites for hydroxylation is 1. The second-order valence-corrected chi connectivity index (χ2v) is 8.37. The SMILES string of the molecule is CC(C)CNCc1ccn(CCS(=O)(=O)C(C)C)c1. The van der Waals surface area contributed by atoms with Crippen molar-refractivity contribution >= 4 is 9.84 Å². The van der Waals surface area contributed by atoms with Crippen LogP contribution in [0.25, 0.3) is 0 Å². The van der Waals surface area contributed by atoms with Crippen molar-refractivity contribution < 1.29 is 8.42 Å². The molecule has 0 saturated carbocycles. The average molecular weight is 286 g/mol. The van der Waals surface area contributed by atoms with Gasteiger partial charge in [-0.05, 0) is 37.9 Å². The minimum absolute atomic E-state index is 0.207. The molecule has 0 aromatic carbocycles. The Morgan fingerprint density at radius 1 is 1.26 bits per heavy atom. The van der Waals surface area contributed by atoms with E-state index in [1.165, 1.54) is 5.56 Å². The van der Waals surface area contributed by atoms with Crippen molar-refractivity contribution in [1.29, 1.82) is 0 Å². The number of hydrogen-bond acceptors (Lipinski definition) is 3. The molecule has 19 heavy (non-hydrogen) atoms. The Morgan fingerprint density at radius 2 is 1.95 bits per heavy atom. The predicted octanol–water partition coefficient (Wildman–Crippen LogP) is 2.06. The first-order valence-corrected chi connectivity index (χ1v) is 8.59. The molecule has 5 heteroatoms. The van der Waals surface area contributed by atoms with Crippen molar-refractivity contribution in [2.24, 2.45) is 5.92 Å². The van der Waals surface area contributed by atoms with Gasteiger partial charge in [0.15, 0.2) is 9.84 Å². The maximum atomic E-state index is 11.7. The smallest absolute Gasteiger partial charge is 0.154 e. The number of sulfone groups is 1. The van der Waals surface area contributed by atoms with E-state index in [0.717, 1.165) is 13.1 Å². The topological polar surface area (TPSA) is 51.1 Å². The Bertz CT molecular complexity index is 475. The van der Waals surface area contributed by atoms with Gasteiger partial charge in [0.1, 0.15) is 0 Å². The van der Waals surface area contributed by atoms with Gasteiger partial charge in [-0.15, -0.1) is 0 Å². The Morgan fingerprint density at radius 3 is 2.53 bits per heavy atom. The minimum atomic E-state index is -2.95. The van der Waals surface area contributed by atoms with Crippen LogP contribution in [0.5, 0.6) is 0 Å². The van der Waals surface area contributed by atoms with E-state index in [2.05, 4.69) is 19.2 Å². The van der Waals surface area contributed by atoms with Crippen LogP contribution in [0.15, 0.2) is 18.5 Å². The van der Waals surface area contributed by atoms with Crippen LogP contribution in [0, 0.1) is 5.92 Å². The first-order chi connectivity index (χ1) is 8.81. The third kappa shape index (κ3) is 5.78. The summed E-state index contributed by atoms with van der Waals surface area (Å²) in [7, 11) is -2.95. The number of rotatable bonds is 8. The van der Waals surface area contributed by atoms with Gasteiger partial charge in [-0.2, -0.15) is 0 Å².